The molecule has 2 spiro atoms. The summed E-state index contributed by atoms with van der Waals surface area (Å²) in [6.07, 6.45) is -1.50. The molecule has 75 heavy (non-hydrogen) atoms. The molecule has 4 aromatic heterocycles. The minimum atomic E-state index is -4.25. The molecule has 406 valence electrons. The zero-order valence-electron chi connectivity index (χ0n) is 42.4. The van der Waals surface area contributed by atoms with E-state index in [0.717, 1.165) is 147 Å². The Balaban J connectivity index is 0.000000168. The summed E-state index contributed by atoms with van der Waals surface area (Å²) in [5.74, 6) is 3.02. The monoisotopic (exact) mass is 1120 g/mol. The second kappa shape index (κ2) is 22.6. The third kappa shape index (κ3) is 15.2. The fraction of sp³-hybridized carbons (Fsp3) is 0.519. The Morgan fingerprint density at radius 2 is 1.08 bits per heavy atom. The lowest BCUT2D eigenvalue weighted by Gasteiger charge is -2.25. The van der Waals surface area contributed by atoms with Gasteiger partial charge in [0.1, 0.15) is 39.2 Å². The molecule has 23 heteroatoms. The lowest BCUT2D eigenvalue weighted by Crippen LogP contribution is -2.31. The average Bonchev–Trinajstić information content (AvgIpc) is 4.21. The molecule has 2 unspecified atom stereocenters. The molecular weight excluding hydrogens is 1060 g/mol. The number of nitrogens with zero attached hydrogens (tertiary/aromatic N) is 7. The maximum atomic E-state index is 13.0. The molecule has 13 nitrogen and oxygen atoms in total. The summed E-state index contributed by atoms with van der Waals surface area (Å²) < 4.78 is 122. The molecule has 0 radical (unpaired) electrons. The molecule has 4 fully saturated rings. The number of aryl methyl sites for hydroxylation is 2. The van der Waals surface area contributed by atoms with Crippen LogP contribution in [0.1, 0.15) is 88.0 Å². The van der Waals surface area contributed by atoms with Gasteiger partial charge in [0.25, 0.3) is 0 Å². The number of carbonyl (C=O) groups excluding carboxylic acids is 1. The Hall–Kier alpha value is -4.81. The number of alkyl halides is 6. The highest BCUT2D eigenvalue weighted by Gasteiger charge is 2.45. The van der Waals surface area contributed by atoms with Crippen molar-refractivity contribution >= 4 is 80.7 Å². The Kier molecular flexibility index (Phi) is 17.0. The summed E-state index contributed by atoms with van der Waals surface area (Å²) in [4.78, 5) is 37.6. The van der Waals surface area contributed by atoms with Crippen molar-refractivity contribution in [1.29, 1.82) is 0 Å². The molecule has 10 rings (SSSR count). The molecular formula is C52H62F6N8O5S4. The second-order valence-corrected chi connectivity index (χ2v) is 27.1. The third-order valence-corrected chi connectivity index (χ3v) is 17.8. The number of carbonyl (C=O) groups is 1. The molecule has 4 aliphatic heterocycles. The number of aromatic nitrogens is 4. The maximum absolute atomic E-state index is 13.0. The normalized spacial score (nSPS) is 20.3. The second-order valence-electron chi connectivity index (χ2n) is 20.6. The van der Waals surface area contributed by atoms with Crippen LogP contribution >= 0.6 is 22.7 Å². The van der Waals surface area contributed by atoms with Crippen molar-refractivity contribution in [2.45, 2.75) is 95.6 Å². The lowest BCUT2D eigenvalue weighted by atomic mass is 9.86. The number of rotatable bonds is 13. The molecule has 0 saturated carbocycles. The van der Waals surface area contributed by atoms with Gasteiger partial charge in [-0.2, -0.15) is 26.3 Å². The third-order valence-electron chi connectivity index (χ3n) is 14.0. The van der Waals surface area contributed by atoms with Crippen LogP contribution < -0.4 is 15.1 Å². The number of benzene rings is 2. The standard InChI is InChI=1S/C26H31F3N4O2S2.C17H21F3N4S.C9H10O3S/c1-3-22-30-23(21-12-20(13-26(27,28)29)36-24(21)31-22)33-11-9-25(17-33)8-10-32(16-25)14-18-4-6-19(7-5-18)15-37(2,34)35;1-2-13-22-14(24-6-4-16(10-24)3-5-21-9-16)12-7-11(8-17(18,19)20)25-15(12)23-13;1-13(11,12)7-9-4-2-8(6-10)3-5-9/h4-7,12H,3,8-11,13-17H2,1-2H3;7,21H,2-6,8-10H2,1H3;2-6H,7H2,1H3. The maximum Gasteiger partial charge on any atom is 0.393 e. The first-order valence-corrected chi connectivity index (χ1v) is 30.7. The van der Waals surface area contributed by atoms with Gasteiger partial charge in [0.2, 0.25) is 0 Å². The van der Waals surface area contributed by atoms with Crippen molar-refractivity contribution < 1.29 is 48.0 Å². The smallest absolute Gasteiger partial charge is 0.355 e. The summed E-state index contributed by atoms with van der Waals surface area (Å²) in [6.45, 7) is 12.2. The molecule has 0 aliphatic carbocycles. The number of nitrogens with one attached hydrogen (secondary N) is 1. The molecule has 1 N–H and O–H groups in total. The highest BCUT2D eigenvalue weighted by atomic mass is 32.2. The zero-order valence-corrected chi connectivity index (χ0v) is 45.6. The number of fused-ring (bicyclic) bond motifs is 2. The largest absolute Gasteiger partial charge is 0.393 e. The zero-order chi connectivity index (χ0) is 54.0. The van der Waals surface area contributed by atoms with E-state index in [1.165, 1.54) is 12.5 Å². The molecule has 4 aliphatic rings. The van der Waals surface area contributed by atoms with Gasteiger partial charge in [-0.3, -0.25) is 9.69 Å². The van der Waals surface area contributed by atoms with Crippen molar-refractivity contribution in [3.05, 3.63) is 104 Å². The first-order valence-electron chi connectivity index (χ1n) is 24.9. The highest BCUT2D eigenvalue weighted by Crippen LogP contribution is 2.44. The number of thiophene rings is 2. The van der Waals surface area contributed by atoms with Crippen molar-refractivity contribution in [2.24, 2.45) is 10.8 Å². The van der Waals surface area contributed by atoms with Gasteiger partial charge in [0.05, 0.1) is 35.1 Å². The number of likely N-dealkylation sites (tertiary alicyclic amines) is 1. The van der Waals surface area contributed by atoms with E-state index in [-0.39, 0.29) is 27.2 Å². The van der Waals surface area contributed by atoms with Crippen LogP contribution in [0.4, 0.5) is 38.0 Å². The number of anilines is 2. The minimum Gasteiger partial charge on any atom is -0.355 e. The van der Waals surface area contributed by atoms with Crippen LogP contribution in [0, 0.1) is 10.8 Å². The fourth-order valence-electron chi connectivity index (χ4n) is 10.5. The van der Waals surface area contributed by atoms with E-state index in [1.807, 2.05) is 38.1 Å². The molecule has 0 amide bonds. The van der Waals surface area contributed by atoms with Crippen LogP contribution in [0.3, 0.4) is 0 Å². The Morgan fingerprint density at radius 3 is 1.52 bits per heavy atom. The van der Waals surface area contributed by atoms with Gasteiger partial charge < -0.3 is 15.1 Å². The van der Waals surface area contributed by atoms with E-state index >= 15 is 0 Å². The predicted octanol–water partition coefficient (Wildman–Crippen LogP) is 9.60. The van der Waals surface area contributed by atoms with Gasteiger partial charge in [-0.05, 0) is 67.6 Å². The number of sulfone groups is 2. The van der Waals surface area contributed by atoms with Gasteiger partial charge in [-0.25, -0.2) is 36.8 Å². The van der Waals surface area contributed by atoms with Gasteiger partial charge in [-0.15, -0.1) is 22.7 Å². The van der Waals surface area contributed by atoms with Gasteiger partial charge >= 0.3 is 12.4 Å². The highest BCUT2D eigenvalue weighted by molar-refractivity contribution is 7.90. The molecule has 2 aromatic carbocycles. The SMILES string of the molecule is CCc1nc(N2CCC3(CCN(Cc4ccc(CS(C)(=O)=O)cc4)C3)C2)c2cc(CC(F)(F)F)sc2n1.CCc1nc(N2CCC3(CCNC3)C2)c2cc(CC(F)(F)F)sc2n1.CS(=O)(=O)Cc1ccc(C=O)cc1. The van der Waals surface area contributed by atoms with Crippen LogP contribution in [-0.4, -0.2) is 125 Å². The number of hydrogen-bond acceptors (Lipinski definition) is 15. The number of aldehydes is 1. The first-order chi connectivity index (χ1) is 35.3. The molecule has 0 bridgehead atoms. The first kappa shape index (κ1) is 56.4. The molecule has 2 atom stereocenters. The predicted molar refractivity (Wildman–Crippen MR) is 284 cm³/mol. The topological polar surface area (TPSA) is 159 Å². The lowest BCUT2D eigenvalue weighted by molar-refractivity contribution is -0.127. The minimum absolute atomic E-state index is 0.0200. The van der Waals surface area contributed by atoms with Crippen molar-refractivity contribution in [3.63, 3.8) is 0 Å². The van der Waals surface area contributed by atoms with Crippen LogP contribution in [0.5, 0.6) is 0 Å². The quantitative estimate of drug-likeness (QED) is 0.0862. The Morgan fingerprint density at radius 1 is 0.627 bits per heavy atom. The summed E-state index contributed by atoms with van der Waals surface area (Å²) in [7, 11) is -6.04. The molecule has 6 aromatic rings. The van der Waals surface area contributed by atoms with Gasteiger partial charge in [0.15, 0.2) is 19.7 Å². The van der Waals surface area contributed by atoms with E-state index in [2.05, 4.69) is 35.0 Å². The summed E-state index contributed by atoms with van der Waals surface area (Å²) >= 11 is 2.26. The Labute approximate surface area is 442 Å². The van der Waals surface area contributed by atoms with Crippen molar-refractivity contribution in [1.82, 2.24) is 30.2 Å². The summed E-state index contributed by atoms with van der Waals surface area (Å²) in [5.41, 5.74) is 3.62. The summed E-state index contributed by atoms with van der Waals surface area (Å²) in [6, 6.07) is 17.5. The van der Waals surface area contributed by atoms with Crippen LogP contribution in [0.15, 0.2) is 60.7 Å². The number of halogens is 6. The van der Waals surface area contributed by atoms with E-state index in [4.69, 9.17) is 4.98 Å². The van der Waals surface area contributed by atoms with Crippen LogP contribution in [0.2, 0.25) is 0 Å². The van der Waals surface area contributed by atoms with Crippen LogP contribution in [-0.2, 0) is 63.4 Å². The van der Waals surface area contributed by atoms with Gasteiger partial charge in [0, 0.05) is 97.3 Å². The van der Waals surface area contributed by atoms with E-state index in [9.17, 15) is 48.0 Å². The van der Waals surface area contributed by atoms with Crippen LogP contribution in [0.25, 0.3) is 20.4 Å². The molecule has 8 heterocycles. The van der Waals surface area contributed by atoms with Gasteiger partial charge in [-0.1, -0.05) is 62.4 Å². The van der Waals surface area contributed by atoms with E-state index < -0.39 is 44.9 Å². The average molecular weight is 1120 g/mol. The van der Waals surface area contributed by atoms with Crippen molar-refractivity contribution in [2.75, 3.05) is 74.7 Å². The summed E-state index contributed by atoms with van der Waals surface area (Å²) in [5, 5.41) is 4.93. The fourth-order valence-corrected chi connectivity index (χ4v) is 14.3. The molecule has 4 saturated heterocycles. The van der Waals surface area contributed by atoms with E-state index in [1.54, 1.807) is 36.4 Å². The Bertz CT molecular complexity index is 3200. The van der Waals surface area contributed by atoms with E-state index in [0.29, 0.717) is 50.2 Å². The number of hydrogen-bond donors (Lipinski definition) is 1. The van der Waals surface area contributed by atoms with Crippen molar-refractivity contribution in [3.8, 4) is 0 Å².